The van der Waals surface area contributed by atoms with E-state index in [1.165, 1.54) is 17.2 Å². The molecule has 0 unspecified atom stereocenters. The van der Waals surface area contributed by atoms with Crippen LogP contribution in [0.1, 0.15) is 46.9 Å². The summed E-state index contributed by atoms with van der Waals surface area (Å²) in [7, 11) is -3.97. The summed E-state index contributed by atoms with van der Waals surface area (Å²) in [4.78, 5) is 12.6. The molecule has 7 nitrogen and oxygen atoms in total. The van der Waals surface area contributed by atoms with E-state index in [1.807, 2.05) is 0 Å². The summed E-state index contributed by atoms with van der Waals surface area (Å²) in [5, 5.41) is 4.54. The van der Waals surface area contributed by atoms with Crippen LogP contribution in [-0.4, -0.2) is 27.7 Å². The number of benzene rings is 1. The molecular weight excluding hydrogens is 412 g/mol. The zero-order valence-corrected chi connectivity index (χ0v) is 17.5. The molecule has 154 valence electrons. The number of aryl methyl sites for hydroxylation is 2. The van der Waals surface area contributed by atoms with Gasteiger partial charge in [0.1, 0.15) is 4.21 Å². The molecule has 1 aromatic heterocycles. The molecule has 0 radical (unpaired) electrons. The fourth-order valence-electron chi connectivity index (χ4n) is 4.42. The average Bonchev–Trinajstić information content (AvgIpc) is 3.46. The Morgan fingerprint density at radius 3 is 2.31 bits per heavy atom. The van der Waals surface area contributed by atoms with Gasteiger partial charge in [0.25, 0.3) is 10.0 Å². The molecule has 0 bridgehead atoms. The molecule has 2 heterocycles. The fraction of sp³-hybridized carbons (Fsp3) is 0.450. The number of carbonyl (C=O) groups excluding carboxylic acids is 1. The van der Waals surface area contributed by atoms with E-state index < -0.39 is 22.3 Å². The van der Waals surface area contributed by atoms with E-state index in [2.05, 4.69) is 16.1 Å². The van der Waals surface area contributed by atoms with Gasteiger partial charge >= 0.3 is 6.03 Å². The number of fused-ring (bicyclic) bond motifs is 2. The van der Waals surface area contributed by atoms with Crippen LogP contribution in [0.25, 0.3) is 0 Å². The fourth-order valence-corrected chi connectivity index (χ4v) is 6.52. The van der Waals surface area contributed by atoms with Gasteiger partial charge < -0.3 is 14.8 Å². The number of hydrogen-bond acceptors (Lipinski definition) is 6. The molecule has 3 aliphatic rings. The molecule has 1 aliphatic heterocycles. The summed E-state index contributed by atoms with van der Waals surface area (Å²) >= 11 is 1.04. The Kier molecular flexibility index (Phi) is 4.85. The Hall–Kier alpha value is -1.94. The summed E-state index contributed by atoms with van der Waals surface area (Å²) in [5.74, 6) is 0. The van der Waals surface area contributed by atoms with Crippen LogP contribution < -0.4 is 10.0 Å². The molecule has 1 fully saturated rings. The molecule has 0 atom stereocenters. The minimum absolute atomic E-state index is 0.0604. The second kappa shape index (κ2) is 7.39. The molecule has 5 rings (SSSR count). The molecule has 2 N–H and O–H groups in total. The molecule has 2 aliphatic carbocycles. The number of ether oxygens (including phenoxy) is 2. The van der Waals surface area contributed by atoms with Crippen molar-refractivity contribution in [3.05, 3.63) is 45.3 Å². The zero-order chi connectivity index (χ0) is 20.0. The lowest BCUT2D eigenvalue weighted by Crippen LogP contribution is -2.34. The van der Waals surface area contributed by atoms with Crippen LogP contribution in [0.3, 0.4) is 0 Å². The summed E-state index contributed by atoms with van der Waals surface area (Å²) < 4.78 is 38.4. The van der Waals surface area contributed by atoms with Crippen molar-refractivity contribution < 1.29 is 22.7 Å². The molecule has 1 saturated heterocycles. The van der Waals surface area contributed by atoms with Crippen molar-refractivity contribution in [1.82, 2.24) is 4.72 Å². The van der Waals surface area contributed by atoms with Crippen molar-refractivity contribution in [1.29, 1.82) is 0 Å². The molecule has 1 aromatic carbocycles. The summed E-state index contributed by atoms with van der Waals surface area (Å²) in [6, 6.07) is 3.04. The first-order chi connectivity index (χ1) is 14.0. The lowest BCUT2D eigenvalue weighted by Gasteiger charge is -2.16. The zero-order valence-electron chi connectivity index (χ0n) is 15.8. The first-order valence-electron chi connectivity index (χ1n) is 9.83. The maximum atomic E-state index is 12.7. The third kappa shape index (κ3) is 3.56. The van der Waals surface area contributed by atoms with E-state index in [0.29, 0.717) is 18.8 Å². The predicted octanol–water partition coefficient (Wildman–Crippen LogP) is 3.28. The van der Waals surface area contributed by atoms with E-state index in [0.717, 1.165) is 66.7 Å². The van der Waals surface area contributed by atoms with Crippen molar-refractivity contribution >= 4 is 33.1 Å². The van der Waals surface area contributed by atoms with Crippen LogP contribution in [0.2, 0.25) is 0 Å². The number of urea groups is 1. The Balaban J connectivity index is 1.35. The second-order valence-corrected chi connectivity index (χ2v) is 10.4. The number of thiophene rings is 1. The average molecular weight is 435 g/mol. The van der Waals surface area contributed by atoms with Gasteiger partial charge in [-0.2, -0.15) is 0 Å². The topological polar surface area (TPSA) is 93.7 Å². The van der Waals surface area contributed by atoms with Crippen LogP contribution in [0.4, 0.5) is 10.5 Å². The number of rotatable bonds is 4. The molecule has 2 aromatic rings. The lowest BCUT2D eigenvalue weighted by molar-refractivity contribution is -0.0438. The van der Waals surface area contributed by atoms with Crippen molar-refractivity contribution in [2.75, 3.05) is 18.5 Å². The Labute approximate surface area is 173 Å². The highest BCUT2D eigenvalue weighted by atomic mass is 32.2. The summed E-state index contributed by atoms with van der Waals surface area (Å²) in [6.07, 6.45) is 5.45. The Bertz CT molecular complexity index is 1040. The monoisotopic (exact) mass is 434 g/mol. The van der Waals surface area contributed by atoms with E-state index >= 15 is 0 Å². The molecule has 9 heteroatoms. The van der Waals surface area contributed by atoms with Crippen molar-refractivity contribution in [2.45, 2.75) is 49.0 Å². The van der Waals surface area contributed by atoms with Gasteiger partial charge in [0.2, 0.25) is 0 Å². The summed E-state index contributed by atoms with van der Waals surface area (Å²) in [5.41, 5.74) is 6.35. The van der Waals surface area contributed by atoms with Gasteiger partial charge in [-0.3, -0.25) is 0 Å². The van der Waals surface area contributed by atoms with Crippen LogP contribution in [0.5, 0.6) is 0 Å². The van der Waals surface area contributed by atoms with E-state index in [9.17, 15) is 13.2 Å². The number of carbonyl (C=O) groups is 1. The first-order valence-corrected chi connectivity index (χ1v) is 12.2. The van der Waals surface area contributed by atoms with Crippen molar-refractivity contribution in [3.8, 4) is 0 Å². The summed E-state index contributed by atoms with van der Waals surface area (Å²) in [6.45, 7) is 0.962. The predicted molar refractivity (Wildman–Crippen MR) is 109 cm³/mol. The largest absolute Gasteiger partial charge is 0.346 e. The standard InChI is InChI=1S/C20H22N2O5S2/c23-20(21-18-15-5-1-3-12(15)9-13-4-2-6-16(13)18)22-29(24,25)17-10-14(11-28-17)19-26-7-8-27-19/h9-11,19H,1-8H2,(H2,21,22,23). The highest BCUT2D eigenvalue weighted by Gasteiger charge is 2.28. The van der Waals surface area contributed by atoms with Crippen LogP contribution in [0.15, 0.2) is 21.7 Å². The third-order valence-corrected chi connectivity index (χ3v) is 8.48. The van der Waals surface area contributed by atoms with Gasteiger partial charge in [-0.25, -0.2) is 17.9 Å². The van der Waals surface area contributed by atoms with Gasteiger partial charge in [-0.15, -0.1) is 11.3 Å². The SMILES string of the molecule is O=C(Nc1c2c(cc3c1CCC3)CCC2)NS(=O)(=O)c1cc(C2OCCO2)cs1. The molecule has 2 amide bonds. The molecular formula is C20H22N2O5S2. The van der Waals surface area contributed by atoms with Crippen LogP contribution in [0, 0.1) is 0 Å². The third-order valence-electron chi connectivity index (χ3n) is 5.69. The number of hydrogen-bond donors (Lipinski definition) is 2. The maximum absolute atomic E-state index is 12.7. The molecule has 0 spiro atoms. The van der Waals surface area contributed by atoms with E-state index in [4.69, 9.17) is 9.47 Å². The van der Waals surface area contributed by atoms with Crippen molar-refractivity contribution in [2.24, 2.45) is 0 Å². The number of nitrogens with one attached hydrogen (secondary N) is 2. The quantitative estimate of drug-likeness (QED) is 0.770. The van der Waals surface area contributed by atoms with E-state index in [-0.39, 0.29) is 4.21 Å². The Morgan fingerprint density at radius 2 is 1.66 bits per heavy atom. The lowest BCUT2D eigenvalue weighted by atomic mass is 9.99. The van der Waals surface area contributed by atoms with Gasteiger partial charge in [0, 0.05) is 16.6 Å². The normalized spacial score (nSPS) is 18.6. The van der Waals surface area contributed by atoms with Gasteiger partial charge in [0.15, 0.2) is 6.29 Å². The van der Waals surface area contributed by atoms with Gasteiger partial charge in [-0.1, -0.05) is 6.07 Å². The number of amides is 2. The Morgan fingerprint density at radius 1 is 1.00 bits per heavy atom. The van der Waals surface area contributed by atoms with E-state index in [1.54, 1.807) is 5.38 Å². The first kappa shape index (κ1) is 19.0. The van der Waals surface area contributed by atoms with Gasteiger partial charge in [-0.05, 0) is 66.8 Å². The van der Waals surface area contributed by atoms with Crippen LogP contribution >= 0.6 is 11.3 Å². The van der Waals surface area contributed by atoms with Crippen LogP contribution in [-0.2, 0) is 45.2 Å². The van der Waals surface area contributed by atoms with Crippen molar-refractivity contribution in [3.63, 3.8) is 0 Å². The smallest absolute Gasteiger partial charge is 0.333 e. The minimum atomic E-state index is -3.97. The number of anilines is 1. The highest BCUT2D eigenvalue weighted by molar-refractivity contribution is 7.92. The minimum Gasteiger partial charge on any atom is -0.346 e. The number of sulfonamides is 1. The molecule has 0 saturated carbocycles. The highest BCUT2D eigenvalue weighted by Crippen LogP contribution is 2.38. The maximum Gasteiger partial charge on any atom is 0.333 e. The molecule has 29 heavy (non-hydrogen) atoms. The second-order valence-electron chi connectivity index (χ2n) is 7.57. The van der Waals surface area contributed by atoms with Gasteiger partial charge in [0.05, 0.1) is 13.2 Å².